The van der Waals surface area contributed by atoms with Crippen LogP contribution in [0, 0.1) is 13.8 Å². The van der Waals surface area contributed by atoms with E-state index in [9.17, 15) is 4.79 Å². The zero-order chi connectivity index (χ0) is 17.8. The summed E-state index contributed by atoms with van der Waals surface area (Å²) < 4.78 is 2.08. The summed E-state index contributed by atoms with van der Waals surface area (Å²) >= 11 is 0. The van der Waals surface area contributed by atoms with E-state index >= 15 is 0 Å². The van der Waals surface area contributed by atoms with Crippen molar-refractivity contribution in [2.45, 2.75) is 40.0 Å². The zero-order valence-corrected chi connectivity index (χ0v) is 15.2. The Labute approximate surface area is 148 Å². The first kappa shape index (κ1) is 17.2. The normalized spacial score (nSPS) is 11.0. The van der Waals surface area contributed by atoms with E-state index in [1.807, 2.05) is 24.5 Å². The molecule has 0 spiro atoms. The van der Waals surface area contributed by atoms with Crippen molar-refractivity contribution < 1.29 is 4.79 Å². The van der Waals surface area contributed by atoms with E-state index < -0.39 is 0 Å². The van der Waals surface area contributed by atoms with Crippen LogP contribution in [0.25, 0.3) is 16.7 Å². The van der Waals surface area contributed by atoms with E-state index in [1.165, 1.54) is 11.1 Å². The van der Waals surface area contributed by atoms with Gasteiger partial charge in [-0.15, -0.1) is 0 Å². The number of hydrogen-bond acceptors (Lipinski definition) is 2. The van der Waals surface area contributed by atoms with Crippen molar-refractivity contribution in [3.05, 3.63) is 59.4 Å². The third-order valence-electron chi connectivity index (χ3n) is 4.49. The van der Waals surface area contributed by atoms with Crippen molar-refractivity contribution in [2.24, 2.45) is 0 Å². The predicted octanol–water partition coefficient (Wildman–Crippen LogP) is 4.56. The summed E-state index contributed by atoms with van der Waals surface area (Å²) in [5.41, 5.74) is 6.07. The van der Waals surface area contributed by atoms with Crippen LogP contribution in [0.4, 0.5) is 0 Å². The fourth-order valence-electron chi connectivity index (χ4n) is 3.10. The minimum atomic E-state index is -0.0286. The number of nitrogens with one attached hydrogen (secondary N) is 1. The lowest BCUT2D eigenvalue weighted by molar-refractivity contribution is 0.0953. The molecule has 1 heterocycles. The number of aryl methyl sites for hydroxylation is 2. The average Bonchev–Trinajstić information content (AvgIpc) is 3.01. The van der Waals surface area contributed by atoms with Gasteiger partial charge < -0.3 is 5.32 Å². The number of rotatable bonds is 6. The van der Waals surface area contributed by atoms with E-state index in [1.54, 1.807) is 0 Å². The third-order valence-corrected chi connectivity index (χ3v) is 4.49. The Morgan fingerprint density at radius 3 is 2.72 bits per heavy atom. The number of carbonyl (C=O) groups excluding carboxylic acids is 1. The molecule has 3 aromatic rings. The number of nitrogens with zero attached hydrogens (tertiary/aromatic N) is 2. The lowest BCUT2D eigenvalue weighted by Gasteiger charge is -2.09. The van der Waals surface area contributed by atoms with Gasteiger partial charge in [0.15, 0.2) is 0 Å². The summed E-state index contributed by atoms with van der Waals surface area (Å²) in [5.74, 6) is -0.0286. The molecule has 1 amide bonds. The molecule has 0 radical (unpaired) electrons. The monoisotopic (exact) mass is 335 g/mol. The van der Waals surface area contributed by atoms with Crippen molar-refractivity contribution in [2.75, 3.05) is 6.54 Å². The van der Waals surface area contributed by atoms with Gasteiger partial charge in [0, 0.05) is 12.1 Å². The van der Waals surface area contributed by atoms with Gasteiger partial charge in [-0.05, 0) is 50.1 Å². The SMILES string of the molecule is CCCCCNC(=O)c1ccc2c(c1)ncn2-c1ccc(C)cc1C. The van der Waals surface area contributed by atoms with E-state index in [0.29, 0.717) is 5.56 Å². The molecule has 0 atom stereocenters. The topological polar surface area (TPSA) is 46.9 Å². The molecule has 0 aliphatic heterocycles. The van der Waals surface area contributed by atoms with Crippen molar-refractivity contribution in [1.29, 1.82) is 0 Å². The molecule has 1 N–H and O–H groups in total. The molecule has 0 aliphatic rings. The number of amides is 1. The van der Waals surface area contributed by atoms with Crippen LogP contribution in [0.15, 0.2) is 42.7 Å². The minimum Gasteiger partial charge on any atom is -0.352 e. The highest BCUT2D eigenvalue weighted by Gasteiger charge is 2.11. The summed E-state index contributed by atoms with van der Waals surface area (Å²) in [7, 11) is 0. The van der Waals surface area contributed by atoms with Gasteiger partial charge in [0.2, 0.25) is 0 Å². The van der Waals surface area contributed by atoms with Gasteiger partial charge in [-0.3, -0.25) is 9.36 Å². The van der Waals surface area contributed by atoms with Crippen molar-refractivity contribution in [1.82, 2.24) is 14.9 Å². The van der Waals surface area contributed by atoms with Crippen LogP contribution in [0.3, 0.4) is 0 Å². The lowest BCUT2D eigenvalue weighted by Crippen LogP contribution is -2.24. The van der Waals surface area contributed by atoms with Gasteiger partial charge in [-0.2, -0.15) is 0 Å². The third kappa shape index (κ3) is 3.73. The Morgan fingerprint density at radius 2 is 1.96 bits per heavy atom. The highest BCUT2D eigenvalue weighted by atomic mass is 16.1. The second kappa shape index (κ2) is 7.51. The summed E-state index contributed by atoms with van der Waals surface area (Å²) in [6.45, 7) is 7.07. The maximum Gasteiger partial charge on any atom is 0.251 e. The molecule has 0 fully saturated rings. The van der Waals surface area contributed by atoms with Crippen LogP contribution >= 0.6 is 0 Å². The van der Waals surface area contributed by atoms with Crippen LogP contribution < -0.4 is 5.32 Å². The molecular formula is C21H25N3O. The average molecular weight is 335 g/mol. The van der Waals surface area contributed by atoms with Crippen LogP contribution in [0.5, 0.6) is 0 Å². The van der Waals surface area contributed by atoms with E-state index in [4.69, 9.17) is 0 Å². The Kier molecular flexibility index (Phi) is 5.17. The largest absolute Gasteiger partial charge is 0.352 e. The fraction of sp³-hybridized carbons (Fsp3) is 0.333. The first-order chi connectivity index (χ1) is 12.1. The first-order valence-electron chi connectivity index (χ1n) is 8.93. The standard InChI is InChI=1S/C21H25N3O/c1-4-5-6-11-22-21(25)17-8-10-20-18(13-17)23-14-24(20)19-9-7-15(2)12-16(19)3/h7-10,12-14H,4-6,11H2,1-3H3,(H,22,25). The number of hydrogen-bond donors (Lipinski definition) is 1. The van der Waals surface area contributed by atoms with Gasteiger partial charge >= 0.3 is 0 Å². The fourth-order valence-corrected chi connectivity index (χ4v) is 3.10. The van der Waals surface area contributed by atoms with Gasteiger partial charge in [-0.1, -0.05) is 37.5 Å². The summed E-state index contributed by atoms with van der Waals surface area (Å²) in [5, 5.41) is 2.98. The molecule has 3 rings (SSSR count). The summed E-state index contributed by atoms with van der Waals surface area (Å²) in [6, 6.07) is 12.1. The Morgan fingerprint density at radius 1 is 1.12 bits per heavy atom. The van der Waals surface area contributed by atoms with Crippen molar-refractivity contribution in [3.8, 4) is 5.69 Å². The highest BCUT2D eigenvalue weighted by Crippen LogP contribution is 2.22. The van der Waals surface area contributed by atoms with Gasteiger partial charge in [0.1, 0.15) is 6.33 Å². The predicted molar refractivity (Wildman–Crippen MR) is 102 cm³/mol. The minimum absolute atomic E-state index is 0.0286. The molecule has 0 saturated heterocycles. The first-order valence-corrected chi connectivity index (χ1v) is 8.93. The van der Waals surface area contributed by atoms with E-state index in [-0.39, 0.29) is 5.91 Å². The molecule has 0 aliphatic carbocycles. The second-order valence-corrected chi connectivity index (χ2v) is 6.57. The van der Waals surface area contributed by atoms with Crippen molar-refractivity contribution >= 4 is 16.9 Å². The Balaban J connectivity index is 1.85. The maximum absolute atomic E-state index is 12.3. The van der Waals surface area contributed by atoms with Gasteiger partial charge in [0.05, 0.1) is 16.7 Å². The second-order valence-electron chi connectivity index (χ2n) is 6.57. The number of imidazole rings is 1. The Bertz CT molecular complexity index is 895. The number of carbonyl (C=O) groups is 1. The zero-order valence-electron chi connectivity index (χ0n) is 15.2. The van der Waals surface area contributed by atoms with Crippen LogP contribution in [-0.4, -0.2) is 22.0 Å². The Hall–Kier alpha value is -2.62. The molecule has 25 heavy (non-hydrogen) atoms. The molecule has 0 unspecified atom stereocenters. The summed E-state index contributed by atoms with van der Waals surface area (Å²) in [6.07, 6.45) is 5.13. The smallest absolute Gasteiger partial charge is 0.251 e. The number of benzene rings is 2. The molecule has 4 nitrogen and oxygen atoms in total. The van der Waals surface area contributed by atoms with E-state index in [0.717, 1.165) is 42.5 Å². The molecule has 0 bridgehead atoms. The molecule has 4 heteroatoms. The van der Waals surface area contributed by atoms with Crippen LogP contribution in [-0.2, 0) is 0 Å². The van der Waals surface area contributed by atoms with Gasteiger partial charge in [-0.25, -0.2) is 4.98 Å². The number of unbranched alkanes of at least 4 members (excludes halogenated alkanes) is 2. The molecule has 0 saturated carbocycles. The number of fused-ring (bicyclic) bond motifs is 1. The quantitative estimate of drug-likeness (QED) is 0.671. The maximum atomic E-state index is 12.3. The number of aromatic nitrogens is 2. The van der Waals surface area contributed by atoms with Crippen LogP contribution in [0.1, 0.15) is 47.7 Å². The highest BCUT2D eigenvalue weighted by molar-refractivity contribution is 5.97. The van der Waals surface area contributed by atoms with Crippen LogP contribution in [0.2, 0.25) is 0 Å². The molecular weight excluding hydrogens is 310 g/mol. The molecule has 2 aromatic carbocycles. The molecule has 1 aromatic heterocycles. The summed E-state index contributed by atoms with van der Waals surface area (Å²) in [4.78, 5) is 16.8. The van der Waals surface area contributed by atoms with E-state index in [2.05, 4.69) is 53.8 Å². The lowest BCUT2D eigenvalue weighted by atomic mass is 10.1. The van der Waals surface area contributed by atoms with Gasteiger partial charge in [0.25, 0.3) is 5.91 Å². The molecule has 130 valence electrons. The van der Waals surface area contributed by atoms with Crippen molar-refractivity contribution in [3.63, 3.8) is 0 Å².